The van der Waals surface area contributed by atoms with Gasteiger partial charge in [0.15, 0.2) is 0 Å². The summed E-state index contributed by atoms with van der Waals surface area (Å²) in [5.74, 6) is -1.03. The van der Waals surface area contributed by atoms with Crippen LogP contribution in [0.15, 0.2) is 34.1 Å². The second-order valence-electron chi connectivity index (χ2n) is 6.21. The van der Waals surface area contributed by atoms with Crippen LogP contribution in [0.2, 0.25) is 0 Å². The molecule has 0 aliphatic carbocycles. The number of aliphatic carboxylic acids is 1. The van der Waals surface area contributed by atoms with Gasteiger partial charge in [-0.05, 0) is 37.6 Å². The van der Waals surface area contributed by atoms with Gasteiger partial charge < -0.3 is 5.11 Å². The summed E-state index contributed by atoms with van der Waals surface area (Å²) in [5.41, 5.74) is -1.11. The molecule has 1 aliphatic rings. The average Bonchev–Trinajstić information content (AvgIpc) is 2.92. The molecule has 1 aromatic rings. The molecule has 8 nitrogen and oxygen atoms in total. The molecule has 0 amide bonds. The summed E-state index contributed by atoms with van der Waals surface area (Å²) < 4.78 is 51.4. The summed E-state index contributed by atoms with van der Waals surface area (Å²) in [6.45, 7) is 1.52. The molecule has 0 spiro atoms. The third-order valence-electron chi connectivity index (χ3n) is 4.19. The lowest BCUT2D eigenvalue weighted by molar-refractivity contribution is -0.146. The SMILES string of the molecule is CN(C)S(=O)(=O)c1ccc(S(=O)(=O)N2CCC(C)(C(=O)O)C2)cc1. The van der Waals surface area contributed by atoms with Crippen molar-refractivity contribution in [1.82, 2.24) is 8.61 Å². The van der Waals surface area contributed by atoms with Crippen LogP contribution in [0.5, 0.6) is 0 Å². The molecule has 1 aliphatic heterocycles. The summed E-state index contributed by atoms with van der Waals surface area (Å²) >= 11 is 0. The van der Waals surface area contributed by atoms with Crippen molar-refractivity contribution >= 4 is 26.0 Å². The monoisotopic (exact) mass is 376 g/mol. The maximum atomic E-state index is 12.6. The van der Waals surface area contributed by atoms with Crippen molar-refractivity contribution in [3.8, 4) is 0 Å². The van der Waals surface area contributed by atoms with Crippen LogP contribution in [0.1, 0.15) is 13.3 Å². The van der Waals surface area contributed by atoms with E-state index in [1.807, 2.05) is 0 Å². The molecule has 1 unspecified atom stereocenters. The average molecular weight is 376 g/mol. The van der Waals surface area contributed by atoms with Crippen molar-refractivity contribution in [1.29, 1.82) is 0 Å². The van der Waals surface area contributed by atoms with E-state index in [2.05, 4.69) is 0 Å². The first-order valence-corrected chi connectivity index (χ1v) is 10.1. The maximum absolute atomic E-state index is 12.6. The van der Waals surface area contributed by atoms with Gasteiger partial charge >= 0.3 is 5.97 Å². The number of rotatable bonds is 5. The molecule has 1 aromatic carbocycles. The van der Waals surface area contributed by atoms with E-state index in [0.29, 0.717) is 0 Å². The molecule has 1 saturated heterocycles. The van der Waals surface area contributed by atoms with Crippen LogP contribution in [0.3, 0.4) is 0 Å². The van der Waals surface area contributed by atoms with Gasteiger partial charge in [0.25, 0.3) is 0 Å². The smallest absolute Gasteiger partial charge is 0.310 e. The van der Waals surface area contributed by atoms with E-state index < -0.39 is 31.4 Å². The first kappa shape index (κ1) is 18.8. The Bertz CT molecular complexity index is 846. The van der Waals surface area contributed by atoms with Gasteiger partial charge in [-0.3, -0.25) is 4.79 Å². The topological polar surface area (TPSA) is 112 Å². The molecular weight excluding hydrogens is 356 g/mol. The highest BCUT2D eigenvalue weighted by molar-refractivity contribution is 7.89. The predicted molar refractivity (Wildman–Crippen MR) is 86.4 cm³/mol. The van der Waals surface area contributed by atoms with Crippen LogP contribution >= 0.6 is 0 Å². The van der Waals surface area contributed by atoms with E-state index >= 15 is 0 Å². The molecular formula is C14H20N2O6S2. The Labute approximate surface area is 141 Å². The molecule has 0 bridgehead atoms. The van der Waals surface area contributed by atoms with Crippen molar-refractivity contribution in [2.24, 2.45) is 5.41 Å². The Morgan fingerprint density at radius 2 is 1.62 bits per heavy atom. The van der Waals surface area contributed by atoms with Crippen LogP contribution in [0.25, 0.3) is 0 Å². The molecule has 0 aromatic heterocycles. The van der Waals surface area contributed by atoms with Crippen LogP contribution < -0.4 is 0 Å². The van der Waals surface area contributed by atoms with E-state index in [1.165, 1.54) is 45.3 Å². The summed E-state index contributed by atoms with van der Waals surface area (Å²) in [6.07, 6.45) is 0.231. The van der Waals surface area contributed by atoms with E-state index in [1.54, 1.807) is 0 Å². The molecule has 2 rings (SSSR count). The normalized spacial score (nSPS) is 22.8. The second-order valence-corrected chi connectivity index (χ2v) is 10.3. The molecule has 24 heavy (non-hydrogen) atoms. The molecule has 134 valence electrons. The number of hydrogen-bond acceptors (Lipinski definition) is 5. The van der Waals surface area contributed by atoms with Crippen molar-refractivity contribution in [3.05, 3.63) is 24.3 Å². The zero-order valence-corrected chi connectivity index (χ0v) is 15.3. The van der Waals surface area contributed by atoms with Gasteiger partial charge in [0.05, 0.1) is 15.2 Å². The second kappa shape index (κ2) is 6.10. The highest BCUT2D eigenvalue weighted by Crippen LogP contribution is 2.33. The number of nitrogens with zero attached hydrogens (tertiary/aromatic N) is 2. The van der Waals surface area contributed by atoms with Gasteiger partial charge in [-0.15, -0.1) is 0 Å². The van der Waals surface area contributed by atoms with Crippen LogP contribution in [-0.2, 0) is 24.8 Å². The minimum Gasteiger partial charge on any atom is -0.481 e. The Morgan fingerprint density at radius 1 is 1.12 bits per heavy atom. The highest BCUT2D eigenvalue weighted by atomic mass is 32.2. The van der Waals surface area contributed by atoms with E-state index in [-0.39, 0.29) is 29.3 Å². The first-order chi connectivity index (χ1) is 10.9. The maximum Gasteiger partial charge on any atom is 0.310 e. The third-order valence-corrected chi connectivity index (χ3v) is 7.88. The zero-order chi connectivity index (χ0) is 18.3. The number of benzene rings is 1. The highest BCUT2D eigenvalue weighted by Gasteiger charge is 2.44. The lowest BCUT2D eigenvalue weighted by atomic mass is 9.90. The number of carbonyl (C=O) groups is 1. The third kappa shape index (κ3) is 3.18. The number of hydrogen-bond donors (Lipinski definition) is 1. The molecule has 1 N–H and O–H groups in total. The molecule has 1 heterocycles. The van der Waals surface area contributed by atoms with Gasteiger partial charge in [0.1, 0.15) is 0 Å². The standard InChI is InChI=1S/C14H20N2O6S2/c1-14(13(17)18)8-9-16(10-14)24(21,22)12-6-4-11(5-7-12)23(19,20)15(2)3/h4-7H,8-10H2,1-3H3,(H,17,18). The van der Waals surface area contributed by atoms with Gasteiger partial charge in [0.2, 0.25) is 20.0 Å². The Morgan fingerprint density at radius 3 is 2.04 bits per heavy atom. The summed E-state index contributed by atoms with van der Waals surface area (Å²) in [5, 5.41) is 9.21. The largest absolute Gasteiger partial charge is 0.481 e. The lowest BCUT2D eigenvalue weighted by Gasteiger charge is -2.20. The zero-order valence-electron chi connectivity index (χ0n) is 13.6. The van der Waals surface area contributed by atoms with Gasteiger partial charge in [-0.25, -0.2) is 21.1 Å². The minimum atomic E-state index is -3.86. The van der Waals surface area contributed by atoms with E-state index in [4.69, 9.17) is 0 Å². The van der Waals surface area contributed by atoms with Crippen LogP contribution in [0.4, 0.5) is 0 Å². The lowest BCUT2D eigenvalue weighted by Crippen LogP contribution is -2.34. The minimum absolute atomic E-state index is 0.0109. The van der Waals surface area contributed by atoms with Crippen molar-refractivity contribution < 1.29 is 26.7 Å². The van der Waals surface area contributed by atoms with Crippen molar-refractivity contribution in [2.75, 3.05) is 27.2 Å². The molecule has 0 radical (unpaired) electrons. The number of sulfonamides is 2. The fourth-order valence-corrected chi connectivity index (χ4v) is 4.91. The number of carboxylic acid groups (broad SMARTS) is 1. The fraction of sp³-hybridized carbons (Fsp3) is 0.500. The predicted octanol–water partition coefficient (Wildman–Crippen LogP) is 0.422. The van der Waals surface area contributed by atoms with Gasteiger partial charge in [-0.1, -0.05) is 0 Å². The summed E-state index contributed by atoms with van der Waals surface area (Å²) in [6, 6.07) is 4.91. The van der Waals surface area contributed by atoms with E-state index in [9.17, 15) is 26.7 Å². The quantitative estimate of drug-likeness (QED) is 0.797. The molecule has 10 heteroatoms. The first-order valence-electron chi connectivity index (χ1n) is 7.17. The molecule has 0 saturated carbocycles. The molecule has 1 fully saturated rings. The van der Waals surface area contributed by atoms with E-state index in [0.717, 1.165) is 8.61 Å². The Balaban J connectivity index is 2.31. The van der Waals surface area contributed by atoms with Crippen molar-refractivity contribution in [2.45, 2.75) is 23.1 Å². The van der Waals surface area contributed by atoms with Crippen molar-refractivity contribution in [3.63, 3.8) is 0 Å². The summed E-state index contributed by atoms with van der Waals surface area (Å²) in [4.78, 5) is 11.2. The Hall–Kier alpha value is -1.49. The summed E-state index contributed by atoms with van der Waals surface area (Å²) in [7, 11) is -4.73. The fourth-order valence-electron chi connectivity index (χ4n) is 2.44. The van der Waals surface area contributed by atoms with Crippen LogP contribution in [-0.4, -0.2) is 63.7 Å². The van der Waals surface area contributed by atoms with Crippen LogP contribution in [0, 0.1) is 5.41 Å². The Kier molecular flexibility index (Phi) is 4.79. The number of carboxylic acids is 1. The van der Waals surface area contributed by atoms with Gasteiger partial charge in [0, 0.05) is 27.2 Å². The molecule has 1 atom stereocenters. The van der Waals surface area contributed by atoms with Gasteiger partial charge in [-0.2, -0.15) is 4.31 Å².